The van der Waals surface area contributed by atoms with Gasteiger partial charge in [0.05, 0.1) is 34.4 Å². The molecule has 2 heterocycles. The van der Waals surface area contributed by atoms with Crippen LogP contribution in [0.1, 0.15) is 6.92 Å². The van der Waals surface area contributed by atoms with E-state index < -0.39 is 0 Å². The number of rotatable bonds is 2. The van der Waals surface area contributed by atoms with E-state index in [1.165, 1.54) is 0 Å². The molecule has 0 N–H and O–H groups in total. The van der Waals surface area contributed by atoms with Gasteiger partial charge in [0.2, 0.25) is 5.91 Å². The van der Waals surface area contributed by atoms with Crippen molar-refractivity contribution in [3.05, 3.63) is 28.2 Å². The van der Waals surface area contributed by atoms with E-state index in [2.05, 4.69) is 4.90 Å². The van der Waals surface area contributed by atoms with Gasteiger partial charge in [-0.2, -0.15) is 0 Å². The fourth-order valence-electron chi connectivity index (χ4n) is 2.80. The van der Waals surface area contributed by atoms with Crippen LogP contribution < -0.4 is 4.90 Å². The predicted octanol–water partition coefficient (Wildman–Crippen LogP) is 2.68. The summed E-state index contributed by atoms with van der Waals surface area (Å²) in [4.78, 5) is 16.6. The van der Waals surface area contributed by atoms with Crippen molar-refractivity contribution in [1.82, 2.24) is 4.90 Å². The number of hydrogen-bond acceptors (Lipinski definition) is 3. The number of carbonyl (C=O) groups is 1. The Morgan fingerprint density at radius 2 is 1.86 bits per heavy atom. The van der Waals surface area contributed by atoms with Crippen molar-refractivity contribution in [3.8, 4) is 0 Å². The van der Waals surface area contributed by atoms with Gasteiger partial charge >= 0.3 is 0 Å². The van der Waals surface area contributed by atoms with Gasteiger partial charge in [0.25, 0.3) is 0 Å². The van der Waals surface area contributed by atoms with Gasteiger partial charge in [-0.05, 0) is 19.1 Å². The molecular formula is C15H18Cl2N2O2. The third-order valence-corrected chi connectivity index (χ3v) is 5.01. The van der Waals surface area contributed by atoms with Crippen LogP contribution in [0.15, 0.2) is 18.2 Å². The van der Waals surface area contributed by atoms with Crippen molar-refractivity contribution in [1.29, 1.82) is 0 Å². The monoisotopic (exact) mass is 328 g/mol. The Morgan fingerprint density at radius 3 is 2.43 bits per heavy atom. The number of nitrogens with zero attached hydrogens (tertiary/aromatic N) is 2. The topological polar surface area (TPSA) is 32.8 Å². The Morgan fingerprint density at radius 1 is 1.19 bits per heavy atom. The Bertz CT molecular complexity index is 553. The second-order valence-electron chi connectivity index (χ2n) is 5.91. The zero-order chi connectivity index (χ0) is 15.0. The first-order valence-corrected chi connectivity index (χ1v) is 7.83. The third-order valence-electron chi connectivity index (χ3n) is 4.20. The summed E-state index contributed by atoms with van der Waals surface area (Å²) in [6.45, 7) is 5.98. The summed E-state index contributed by atoms with van der Waals surface area (Å²) < 4.78 is 5.18. The second-order valence-corrected chi connectivity index (χ2v) is 6.69. The Hall–Kier alpha value is -0.970. The molecule has 0 spiro atoms. The van der Waals surface area contributed by atoms with Crippen LogP contribution in [0.4, 0.5) is 5.69 Å². The molecule has 3 rings (SSSR count). The average molecular weight is 329 g/mol. The van der Waals surface area contributed by atoms with Crippen molar-refractivity contribution in [2.24, 2.45) is 5.41 Å². The first-order chi connectivity index (χ1) is 10.0. The molecular weight excluding hydrogens is 311 g/mol. The zero-order valence-corrected chi connectivity index (χ0v) is 13.5. The minimum atomic E-state index is -0.324. The first-order valence-electron chi connectivity index (χ1n) is 7.07. The fourth-order valence-corrected chi connectivity index (χ4v) is 3.22. The van der Waals surface area contributed by atoms with Crippen molar-refractivity contribution in [3.63, 3.8) is 0 Å². The minimum absolute atomic E-state index is 0.200. The third kappa shape index (κ3) is 2.72. The van der Waals surface area contributed by atoms with Crippen molar-refractivity contribution < 1.29 is 9.53 Å². The Balaban J connectivity index is 1.65. The van der Waals surface area contributed by atoms with Crippen LogP contribution in [0, 0.1) is 5.41 Å². The molecule has 4 nitrogen and oxygen atoms in total. The molecule has 0 atom stereocenters. The van der Waals surface area contributed by atoms with Gasteiger partial charge in [0, 0.05) is 26.2 Å². The average Bonchev–Trinajstić information content (AvgIpc) is 2.47. The lowest BCUT2D eigenvalue weighted by atomic mass is 9.86. The molecule has 2 aliphatic heterocycles. The number of halogens is 2. The summed E-state index contributed by atoms with van der Waals surface area (Å²) in [5.41, 5.74) is 0.616. The summed E-state index contributed by atoms with van der Waals surface area (Å²) in [5, 5.41) is 1.14. The molecule has 6 heteroatoms. The van der Waals surface area contributed by atoms with Gasteiger partial charge in [0.1, 0.15) is 0 Å². The summed E-state index contributed by atoms with van der Waals surface area (Å²) in [5.74, 6) is 0.200. The lowest BCUT2D eigenvalue weighted by Crippen LogP contribution is -2.58. The second kappa shape index (κ2) is 5.67. The van der Waals surface area contributed by atoms with Crippen LogP contribution in [0.5, 0.6) is 0 Å². The van der Waals surface area contributed by atoms with E-state index in [4.69, 9.17) is 27.9 Å². The van der Waals surface area contributed by atoms with Gasteiger partial charge in [-0.1, -0.05) is 29.3 Å². The highest BCUT2D eigenvalue weighted by molar-refractivity contribution is 6.43. The maximum absolute atomic E-state index is 12.4. The molecule has 0 unspecified atom stereocenters. The highest BCUT2D eigenvalue weighted by Gasteiger charge is 2.44. The molecule has 2 saturated heterocycles. The molecule has 0 aromatic heterocycles. The van der Waals surface area contributed by atoms with Gasteiger partial charge < -0.3 is 14.5 Å². The molecule has 114 valence electrons. The number of carbonyl (C=O) groups excluding carboxylic acids is 1. The van der Waals surface area contributed by atoms with Crippen LogP contribution in [0.25, 0.3) is 0 Å². The number of anilines is 1. The number of amides is 1. The van der Waals surface area contributed by atoms with Crippen LogP contribution in [-0.2, 0) is 9.53 Å². The largest absolute Gasteiger partial charge is 0.379 e. The Labute approximate surface area is 134 Å². The lowest BCUT2D eigenvalue weighted by molar-refractivity contribution is -0.169. The maximum atomic E-state index is 12.4. The van der Waals surface area contributed by atoms with Crippen LogP contribution in [0.2, 0.25) is 10.0 Å². The molecule has 1 aromatic carbocycles. The zero-order valence-electron chi connectivity index (χ0n) is 11.9. The predicted molar refractivity (Wildman–Crippen MR) is 84.2 cm³/mol. The molecule has 2 aliphatic rings. The molecule has 1 aromatic rings. The lowest BCUT2D eigenvalue weighted by Gasteiger charge is -2.43. The van der Waals surface area contributed by atoms with Crippen LogP contribution in [-0.4, -0.2) is 50.2 Å². The van der Waals surface area contributed by atoms with Crippen LogP contribution >= 0.6 is 23.2 Å². The van der Waals surface area contributed by atoms with Crippen LogP contribution in [0.3, 0.4) is 0 Å². The number of hydrogen-bond donors (Lipinski definition) is 0. The standard InChI is InChI=1S/C15H18Cl2N2O2/c1-15(9-21-10-15)14(20)19-7-5-18(6-8-19)12-4-2-3-11(16)13(12)17/h2-4H,5-10H2,1H3. The van der Waals surface area contributed by atoms with E-state index in [9.17, 15) is 4.79 Å². The van der Waals surface area contributed by atoms with Crippen molar-refractivity contribution in [2.75, 3.05) is 44.3 Å². The molecule has 0 aliphatic carbocycles. The van der Waals surface area contributed by atoms with Gasteiger partial charge in [-0.25, -0.2) is 0 Å². The normalized spacial score (nSPS) is 21.1. The highest BCUT2D eigenvalue weighted by Crippen LogP contribution is 2.34. The SMILES string of the molecule is CC1(C(=O)N2CCN(c3cccc(Cl)c3Cl)CC2)COC1. The summed E-state index contributed by atoms with van der Waals surface area (Å²) in [6, 6.07) is 5.64. The summed E-state index contributed by atoms with van der Waals surface area (Å²) in [6.07, 6.45) is 0. The first kappa shape index (κ1) is 14.9. The smallest absolute Gasteiger partial charge is 0.233 e. The molecule has 1 amide bonds. The van der Waals surface area contributed by atoms with Crippen molar-refractivity contribution >= 4 is 34.8 Å². The molecule has 0 bridgehead atoms. The highest BCUT2D eigenvalue weighted by atomic mass is 35.5. The van der Waals surface area contributed by atoms with Gasteiger partial charge in [-0.3, -0.25) is 4.79 Å². The number of piperazine rings is 1. The molecule has 0 saturated carbocycles. The van der Waals surface area contributed by atoms with E-state index in [1.807, 2.05) is 24.0 Å². The van der Waals surface area contributed by atoms with E-state index in [0.717, 1.165) is 18.8 Å². The van der Waals surface area contributed by atoms with E-state index >= 15 is 0 Å². The van der Waals surface area contributed by atoms with Crippen molar-refractivity contribution in [2.45, 2.75) is 6.92 Å². The molecule has 0 radical (unpaired) electrons. The van der Waals surface area contributed by atoms with E-state index in [0.29, 0.717) is 36.3 Å². The summed E-state index contributed by atoms with van der Waals surface area (Å²) in [7, 11) is 0. The molecule has 21 heavy (non-hydrogen) atoms. The molecule has 2 fully saturated rings. The Kier molecular flexibility index (Phi) is 4.04. The number of ether oxygens (including phenoxy) is 1. The summed E-state index contributed by atoms with van der Waals surface area (Å²) >= 11 is 12.3. The minimum Gasteiger partial charge on any atom is -0.379 e. The van der Waals surface area contributed by atoms with Gasteiger partial charge in [0.15, 0.2) is 0 Å². The van der Waals surface area contributed by atoms with E-state index in [1.54, 1.807) is 6.07 Å². The number of benzene rings is 1. The van der Waals surface area contributed by atoms with Gasteiger partial charge in [-0.15, -0.1) is 0 Å². The maximum Gasteiger partial charge on any atom is 0.233 e. The quantitative estimate of drug-likeness (QED) is 0.836. The fraction of sp³-hybridized carbons (Fsp3) is 0.533. The van der Waals surface area contributed by atoms with E-state index in [-0.39, 0.29) is 11.3 Å².